The van der Waals surface area contributed by atoms with Gasteiger partial charge in [0.05, 0.1) is 5.56 Å². The van der Waals surface area contributed by atoms with E-state index in [1.807, 2.05) is 38.1 Å². The molecule has 0 amide bonds. The normalized spacial score (nSPS) is 26.6. The Kier molecular flexibility index (Phi) is 4.38. The van der Waals surface area contributed by atoms with Gasteiger partial charge in [-0.05, 0) is 67.3 Å². The second-order valence-corrected chi connectivity index (χ2v) is 9.48. The molecule has 2 fully saturated rings. The van der Waals surface area contributed by atoms with Gasteiger partial charge in [-0.1, -0.05) is 55.3 Å². The van der Waals surface area contributed by atoms with Crippen LogP contribution in [0.3, 0.4) is 0 Å². The van der Waals surface area contributed by atoms with E-state index in [1.165, 1.54) is 18.4 Å². The first kappa shape index (κ1) is 18.6. The number of allylic oxidation sites excluding steroid dienone is 2. The second kappa shape index (κ2) is 6.83. The zero-order chi connectivity index (χ0) is 20.2. The number of ketones is 1. The van der Waals surface area contributed by atoms with E-state index in [0.29, 0.717) is 17.3 Å². The third-order valence-electron chi connectivity index (χ3n) is 7.46. The predicted octanol–water partition coefficient (Wildman–Crippen LogP) is 5.82. The highest BCUT2D eigenvalue weighted by Crippen LogP contribution is 2.48. The van der Waals surface area contributed by atoms with Crippen molar-refractivity contribution < 1.29 is 14.3 Å². The molecule has 2 bridgehead atoms. The molecule has 2 saturated carbocycles. The summed E-state index contributed by atoms with van der Waals surface area (Å²) in [5.41, 5.74) is 1.35. The Morgan fingerprint density at radius 3 is 2.41 bits per heavy atom. The molecule has 3 aliphatic rings. The minimum atomic E-state index is -0.449. The highest BCUT2D eigenvalue weighted by molar-refractivity contribution is 6.06. The zero-order valence-electron chi connectivity index (χ0n) is 17.2. The third-order valence-corrected chi connectivity index (χ3v) is 7.46. The lowest BCUT2D eigenvalue weighted by molar-refractivity contribution is -0.120. The molecule has 29 heavy (non-hydrogen) atoms. The highest BCUT2D eigenvalue weighted by atomic mass is 16.6. The fourth-order valence-corrected chi connectivity index (χ4v) is 5.79. The monoisotopic (exact) mass is 388 g/mol. The molecule has 0 spiro atoms. The average Bonchev–Trinajstić information content (AvgIpc) is 3.44. The second-order valence-electron chi connectivity index (χ2n) is 9.48. The number of fused-ring (bicyclic) bond motifs is 3. The van der Waals surface area contributed by atoms with Crippen LogP contribution >= 0.6 is 0 Å². The van der Waals surface area contributed by atoms with Crippen LogP contribution in [0.15, 0.2) is 48.6 Å². The van der Waals surface area contributed by atoms with Gasteiger partial charge >= 0.3 is 5.97 Å². The molecule has 3 nitrogen and oxygen atoms in total. The van der Waals surface area contributed by atoms with Gasteiger partial charge in [0.25, 0.3) is 0 Å². The molecule has 2 aromatic rings. The van der Waals surface area contributed by atoms with Crippen molar-refractivity contribution in [2.45, 2.75) is 57.5 Å². The van der Waals surface area contributed by atoms with Crippen LogP contribution in [-0.2, 0) is 9.53 Å². The number of rotatable bonds is 4. The van der Waals surface area contributed by atoms with Gasteiger partial charge in [0, 0.05) is 11.8 Å². The van der Waals surface area contributed by atoms with Gasteiger partial charge in [-0.2, -0.15) is 0 Å². The number of benzene rings is 2. The quantitative estimate of drug-likeness (QED) is 0.489. The number of hydrogen-bond acceptors (Lipinski definition) is 3. The predicted molar refractivity (Wildman–Crippen MR) is 114 cm³/mol. The van der Waals surface area contributed by atoms with E-state index in [2.05, 4.69) is 24.3 Å². The van der Waals surface area contributed by atoms with Crippen LogP contribution in [-0.4, -0.2) is 17.4 Å². The molecule has 0 aromatic heterocycles. The molecule has 3 aliphatic carbocycles. The summed E-state index contributed by atoms with van der Waals surface area (Å²) < 4.78 is 6.04. The summed E-state index contributed by atoms with van der Waals surface area (Å²) in [6, 6.07) is 12.0. The Hall–Kier alpha value is -2.42. The van der Waals surface area contributed by atoms with E-state index in [4.69, 9.17) is 4.74 Å². The molecule has 0 N–H and O–H groups in total. The number of hydrogen-bond donors (Lipinski definition) is 0. The van der Waals surface area contributed by atoms with Crippen LogP contribution in [0.1, 0.15) is 67.8 Å². The molecular formula is C26H28O3. The van der Waals surface area contributed by atoms with Gasteiger partial charge in [0.15, 0.2) is 0 Å². The number of carbonyl (C=O) groups is 2. The molecule has 3 heteroatoms. The van der Waals surface area contributed by atoms with E-state index in [-0.39, 0.29) is 23.7 Å². The van der Waals surface area contributed by atoms with Gasteiger partial charge in [-0.3, -0.25) is 4.79 Å². The van der Waals surface area contributed by atoms with E-state index in [9.17, 15) is 9.59 Å². The maximum absolute atomic E-state index is 13.2. The molecule has 5 rings (SSSR count). The Morgan fingerprint density at radius 1 is 1.00 bits per heavy atom. The Bertz CT molecular complexity index is 1010. The first-order chi connectivity index (χ1) is 14.0. The third kappa shape index (κ3) is 3.02. The van der Waals surface area contributed by atoms with Crippen LogP contribution in [0.2, 0.25) is 0 Å². The highest BCUT2D eigenvalue weighted by Gasteiger charge is 2.44. The van der Waals surface area contributed by atoms with E-state index < -0.39 is 5.60 Å². The Labute approximate surface area is 172 Å². The molecular weight excluding hydrogens is 360 g/mol. The van der Waals surface area contributed by atoms with Crippen molar-refractivity contribution >= 4 is 22.5 Å². The molecule has 0 aliphatic heterocycles. The fraction of sp³-hybridized carbons (Fsp3) is 0.462. The van der Waals surface area contributed by atoms with E-state index >= 15 is 0 Å². The Balaban J connectivity index is 1.49. The molecule has 3 unspecified atom stereocenters. The van der Waals surface area contributed by atoms with Crippen LogP contribution in [0.5, 0.6) is 0 Å². The maximum Gasteiger partial charge on any atom is 0.339 e. The SMILES string of the molecule is CC(C)(OC(=O)c1cccc2c(C3CC4C=CC3C4=O)cccc12)C1CCCC1. The molecule has 2 aromatic carbocycles. The van der Waals surface area contributed by atoms with Gasteiger partial charge in [-0.25, -0.2) is 4.79 Å². The molecule has 3 atom stereocenters. The minimum Gasteiger partial charge on any atom is -0.456 e. The topological polar surface area (TPSA) is 43.4 Å². The first-order valence-electron chi connectivity index (χ1n) is 10.9. The molecule has 0 saturated heterocycles. The first-order valence-corrected chi connectivity index (χ1v) is 10.9. The lowest BCUT2D eigenvalue weighted by atomic mass is 9.83. The van der Waals surface area contributed by atoms with Gasteiger partial charge in [0.2, 0.25) is 0 Å². The van der Waals surface area contributed by atoms with Crippen molar-refractivity contribution in [2.24, 2.45) is 17.8 Å². The summed E-state index contributed by atoms with van der Waals surface area (Å²) in [7, 11) is 0. The Morgan fingerprint density at radius 2 is 1.72 bits per heavy atom. The van der Waals surface area contributed by atoms with E-state index in [0.717, 1.165) is 30.0 Å². The fourth-order valence-electron chi connectivity index (χ4n) is 5.79. The van der Waals surface area contributed by atoms with Crippen molar-refractivity contribution in [1.82, 2.24) is 0 Å². The maximum atomic E-state index is 13.2. The van der Waals surface area contributed by atoms with Crippen molar-refractivity contribution in [2.75, 3.05) is 0 Å². The smallest absolute Gasteiger partial charge is 0.339 e. The number of carbonyl (C=O) groups excluding carboxylic acids is 2. The van der Waals surface area contributed by atoms with Gasteiger partial charge in [-0.15, -0.1) is 0 Å². The van der Waals surface area contributed by atoms with Crippen molar-refractivity contribution in [3.63, 3.8) is 0 Å². The summed E-state index contributed by atoms with van der Waals surface area (Å²) in [5.74, 6) is 0.809. The lowest BCUT2D eigenvalue weighted by Crippen LogP contribution is -2.35. The minimum absolute atomic E-state index is 0.0116. The average molecular weight is 389 g/mol. The largest absolute Gasteiger partial charge is 0.456 e. The van der Waals surface area contributed by atoms with Crippen molar-refractivity contribution in [3.8, 4) is 0 Å². The molecule has 0 heterocycles. The van der Waals surface area contributed by atoms with Crippen LogP contribution < -0.4 is 0 Å². The number of esters is 1. The van der Waals surface area contributed by atoms with Crippen LogP contribution in [0, 0.1) is 17.8 Å². The van der Waals surface area contributed by atoms with Crippen LogP contribution in [0.4, 0.5) is 0 Å². The standard InChI is InChI=1S/C26H28O3/c1-26(2,17-7-3-4-8-17)29-25(28)22-12-6-9-18-19(22)10-5-11-20(18)23-15-16-13-14-21(23)24(16)27/h5-6,9-14,16-17,21,23H,3-4,7-8,15H2,1-2H3. The lowest BCUT2D eigenvalue weighted by Gasteiger charge is -2.31. The summed E-state index contributed by atoms with van der Waals surface area (Å²) in [6.07, 6.45) is 9.71. The van der Waals surface area contributed by atoms with Gasteiger partial charge in [0.1, 0.15) is 11.4 Å². The van der Waals surface area contributed by atoms with Gasteiger partial charge < -0.3 is 4.74 Å². The zero-order valence-corrected chi connectivity index (χ0v) is 17.2. The molecule has 0 radical (unpaired) electrons. The summed E-state index contributed by atoms with van der Waals surface area (Å²) >= 11 is 0. The summed E-state index contributed by atoms with van der Waals surface area (Å²) in [5, 5.41) is 2.00. The number of ether oxygens (including phenoxy) is 1. The van der Waals surface area contributed by atoms with Crippen molar-refractivity contribution in [1.29, 1.82) is 0 Å². The summed E-state index contributed by atoms with van der Waals surface area (Å²) in [6.45, 7) is 4.09. The van der Waals surface area contributed by atoms with Crippen molar-refractivity contribution in [3.05, 3.63) is 59.7 Å². The van der Waals surface area contributed by atoms with Crippen LogP contribution in [0.25, 0.3) is 10.8 Å². The summed E-state index contributed by atoms with van der Waals surface area (Å²) in [4.78, 5) is 25.6. The molecule has 150 valence electrons. The van der Waals surface area contributed by atoms with E-state index in [1.54, 1.807) is 0 Å². The number of Topliss-reactive ketones (excluding diaryl/α,β-unsaturated/α-hetero) is 1.